The van der Waals surface area contributed by atoms with Gasteiger partial charge in [0.25, 0.3) is 0 Å². The summed E-state index contributed by atoms with van der Waals surface area (Å²) in [5.41, 5.74) is -0.184. The van der Waals surface area contributed by atoms with Crippen molar-refractivity contribution < 1.29 is 4.79 Å². The Bertz CT molecular complexity index is 534. The number of nitriles is 2. The van der Waals surface area contributed by atoms with Crippen LogP contribution in [-0.2, 0) is 4.79 Å². The SMILES string of the molecule is CC(C)N1C(=O)C(C#N)C2(CCNCC2)C(C#N)=C1S. The molecule has 6 heteroatoms. The van der Waals surface area contributed by atoms with Crippen molar-refractivity contribution >= 4 is 18.5 Å². The van der Waals surface area contributed by atoms with Crippen LogP contribution in [0.15, 0.2) is 10.6 Å². The summed E-state index contributed by atoms with van der Waals surface area (Å²) >= 11 is 4.43. The van der Waals surface area contributed by atoms with Crippen LogP contribution in [0.3, 0.4) is 0 Å². The maximum absolute atomic E-state index is 12.6. The van der Waals surface area contributed by atoms with E-state index in [0.29, 0.717) is 36.5 Å². The summed E-state index contributed by atoms with van der Waals surface area (Å²) in [6.45, 7) is 5.13. The molecule has 0 aromatic rings. The number of hydrogen-bond donors (Lipinski definition) is 2. The molecule has 1 amide bonds. The van der Waals surface area contributed by atoms with Crippen molar-refractivity contribution in [2.45, 2.75) is 32.7 Å². The van der Waals surface area contributed by atoms with E-state index in [9.17, 15) is 15.3 Å². The molecule has 2 rings (SSSR count). The van der Waals surface area contributed by atoms with E-state index in [1.807, 2.05) is 13.8 Å². The number of allylic oxidation sites excluding steroid dienone is 1. The molecule has 0 bridgehead atoms. The molecule has 0 aliphatic carbocycles. The van der Waals surface area contributed by atoms with Gasteiger partial charge in [0.05, 0.1) is 22.7 Å². The highest BCUT2D eigenvalue weighted by Crippen LogP contribution is 2.50. The fourth-order valence-electron chi connectivity index (χ4n) is 3.22. The van der Waals surface area contributed by atoms with E-state index in [1.54, 1.807) is 0 Å². The van der Waals surface area contributed by atoms with Crippen molar-refractivity contribution in [2.75, 3.05) is 13.1 Å². The van der Waals surface area contributed by atoms with Gasteiger partial charge in [-0.3, -0.25) is 4.79 Å². The van der Waals surface area contributed by atoms with Crippen LogP contribution in [0, 0.1) is 34.0 Å². The molecule has 5 nitrogen and oxygen atoms in total. The fourth-order valence-corrected chi connectivity index (χ4v) is 3.82. The molecular weight excluding hydrogens is 272 g/mol. The number of piperidine rings is 1. The largest absolute Gasteiger partial charge is 0.317 e. The predicted molar refractivity (Wildman–Crippen MR) is 77.2 cm³/mol. The third-order valence-corrected chi connectivity index (χ3v) is 4.68. The number of hydrogen-bond acceptors (Lipinski definition) is 5. The summed E-state index contributed by atoms with van der Waals surface area (Å²) in [5, 5.41) is 22.7. The molecule has 2 heterocycles. The molecule has 20 heavy (non-hydrogen) atoms. The summed E-state index contributed by atoms with van der Waals surface area (Å²) < 4.78 is 0. The highest BCUT2D eigenvalue weighted by molar-refractivity contribution is 7.84. The van der Waals surface area contributed by atoms with E-state index in [2.05, 4.69) is 30.1 Å². The monoisotopic (exact) mass is 290 g/mol. The Balaban J connectivity index is 2.64. The molecular formula is C14H18N4OS. The van der Waals surface area contributed by atoms with Crippen LogP contribution in [0.1, 0.15) is 26.7 Å². The Morgan fingerprint density at radius 2 is 2.00 bits per heavy atom. The quantitative estimate of drug-likeness (QED) is 0.716. The Morgan fingerprint density at radius 1 is 1.40 bits per heavy atom. The molecule has 1 unspecified atom stereocenters. The molecule has 0 aromatic heterocycles. The third-order valence-electron chi connectivity index (χ3n) is 4.24. The third kappa shape index (κ3) is 2.00. The van der Waals surface area contributed by atoms with Crippen LogP contribution >= 0.6 is 12.6 Å². The highest BCUT2D eigenvalue weighted by Gasteiger charge is 2.53. The average molecular weight is 290 g/mol. The van der Waals surface area contributed by atoms with Gasteiger partial charge in [-0.05, 0) is 39.8 Å². The van der Waals surface area contributed by atoms with Gasteiger partial charge in [-0.2, -0.15) is 10.5 Å². The number of thiol groups is 1. The fraction of sp³-hybridized carbons (Fsp3) is 0.643. The first-order chi connectivity index (χ1) is 9.49. The average Bonchev–Trinajstić information content (AvgIpc) is 2.40. The van der Waals surface area contributed by atoms with Crippen molar-refractivity contribution in [3.8, 4) is 12.1 Å². The minimum Gasteiger partial charge on any atom is -0.317 e. The van der Waals surface area contributed by atoms with E-state index in [1.165, 1.54) is 4.90 Å². The normalized spacial score (nSPS) is 25.8. The summed E-state index contributed by atoms with van der Waals surface area (Å²) in [6.07, 6.45) is 1.24. The van der Waals surface area contributed by atoms with Crippen LogP contribution in [-0.4, -0.2) is 29.9 Å². The number of rotatable bonds is 1. The highest BCUT2D eigenvalue weighted by atomic mass is 32.1. The van der Waals surface area contributed by atoms with Gasteiger partial charge in [0.1, 0.15) is 5.92 Å². The maximum atomic E-state index is 12.6. The summed E-state index contributed by atoms with van der Waals surface area (Å²) in [5.74, 6) is -1.02. The second-order valence-electron chi connectivity index (χ2n) is 5.58. The predicted octanol–water partition coefficient (Wildman–Crippen LogP) is 1.41. The number of carbonyl (C=O) groups excluding carboxylic acids is 1. The summed E-state index contributed by atoms with van der Waals surface area (Å²) in [7, 11) is 0. The first-order valence-corrected chi connectivity index (χ1v) is 7.21. The Kier molecular flexibility index (Phi) is 4.08. The van der Waals surface area contributed by atoms with Crippen LogP contribution < -0.4 is 5.32 Å². The molecule has 1 spiro atoms. The topological polar surface area (TPSA) is 79.9 Å². The lowest BCUT2D eigenvalue weighted by molar-refractivity contribution is -0.138. The van der Waals surface area contributed by atoms with E-state index >= 15 is 0 Å². The van der Waals surface area contributed by atoms with Crippen LogP contribution in [0.5, 0.6) is 0 Å². The van der Waals surface area contributed by atoms with E-state index in [0.717, 1.165) is 0 Å². The molecule has 2 aliphatic rings. The van der Waals surface area contributed by atoms with Crippen molar-refractivity contribution in [1.29, 1.82) is 10.5 Å². The van der Waals surface area contributed by atoms with Crippen LogP contribution in [0.25, 0.3) is 0 Å². The lowest BCUT2D eigenvalue weighted by Crippen LogP contribution is -2.54. The van der Waals surface area contributed by atoms with Crippen molar-refractivity contribution in [3.05, 3.63) is 10.6 Å². The maximum Gasteiger partial charge on any atom is 0.245 e. The van der Waals surface area contributed by atoms with Gasteiger partial charge in [-0.1, -0.05) is 0 Å². The first kappa shape index (κ1) is 14.9. The van der Waals surface area contributed by atoms with Crippen molar-refractivity contribution in [3.63, 3.8) is 0 Å². The number of nitrogens with one attached hydrogen (secondary N) is 1. The van der Waals surface area contributed by atoms with E-state index < -0.39 is 11.3 Å². The lowest BCUT2D eigenvalue weighted by atomic mass is 9.63. The molecule has 1 N–H and O–H groups in total. The minimum absolute atomic E-state index is 0.117. The van der Waals surface area contributed by atoms with E-state index in [4.69, 9.17) is 0 Å². The van der Waals surface area contributed by atoms with Gasteiger partial charge in [-0.25, -0.2) is 0 Å². The van der Waals surface area contributed by atoms with Crippen molar-refractivity contribution in [1.82, 2.24) is 10.2 Å². The number of amides is 1. The zero-order valence-electron chi connectivity index (χ0n) is 11.7. The Labute approximate surface area is 124 Å². The zero-order chi connectivity index (χ0) is 14.9. The molecule has 1 atom stereocenters. The smallest absolute Gasteiger partial charge is 0.245 e. The molecule has 1 fully saturated rings. The first-order valence-electron chi connectivity index (χ1n) is 6.77. The van der Waals surface area contributed by atoms with Gasteiger partial charge in [0.15, 0.2) is 0 Å². The molecule has 0 aromatic carbocycles. The number of carbonyl (C=O) groups is 1. The van der Waals surface area contributed by atoms with Crippen LogP contribution in [0.2, 0.25) is 0 Å². The Morgan fingerprint density at radius 3 is 2.45 bits per heavy atom. The van der Waals surface area contributed by atoms with Crippen LogP contribution in [0.4, 0.5) is 0 Å². The lowest BCUT2D eigenvalue weighted by Gasteiger charge is -2.47. The molecule has 1 saturated heterocycles. The Hall–Kier alpha value is -1.50. The van der Waals surface area contributed by atoms with Crippen molar-refractivity contribution in [2.24, 2.45) is 11.3 Å². The van der Waals surface area contributed by atoms with Gasteiger partial charge in [-0.15, -0.1) is 12.6 Å². The van der Waals surface area contributed by atoms with Gasteiger partial charge < -0.3 is 10.2 Å². The zero-order valence-corrected chi connectivity index (χ0v) is 12.6. The summed E-state index contributed by atoms with van der Waals surface area (Å²) in [6, 6.07) is 4.24. The summed E-state index contributed by atoms with van der Waals surface area (Å²) in [4.78, 5) is 14.1. The standard InChI is InChI=1S/C14H18N4OS/c1-9(2)18-12(19)10(7-15)14(3-5-17-6-4-14)11(8-16)13(18)20/h9-10,17,20H,3-6H2,1-2H3. The van der Waals surface area contributed by atoms with Gasteiger partial charge in [0, 0.05) is 11.5 Å². The van der Waals surface area contributed by atoms with E-state index in [-0.39, 0.29) is 11.9 Å². The second-order valence-corrected chi connectivity index (χ2v) is 6.00. The molecule has 0 radical (unpaired) electrons. The number of nitrogens with zero attached hydrogens (tertiary/aromatic N) is 3. The van der Waals surface area contributed by atoms with Gasteiger partial charge >= 0.3 is 0 Å². The molecule has 0 saturated carbocycles. The minimum atomic E-state index is -0.794. The molecule has 106 valence electrons. The molecule has 2 aliphatic heterocycles. The van der Waals surface area contributed by atoms with Gasteiger partial charge in [0.2, 0.25) is 5.91 Å². The second kappa shape index (κ2) is 5.47.